The number of anilines is 2. The maximum atomic E-state index is 12.7. The zero-order chi connectivity index (χ0) is 19.2. The van der Waals surface area contributed by atoms with Crippen molar-refractivity contribution in [1.29, 1.82) is 0 Å². The van der Waals surface area contributed by atoms with Crippen LogP contribution in [0.1, 0.15) is 20.8 Å². The molecule has 0 aliphatic heterocycles. The molecule has 0 saturated heterocycles. The molecule has 6 nitrogen and oxygen atoms in total. The van der Waals surface area contributed by atoms with Gasteiger partial charge in [-0.15, -0.1) is 0 Å². The third-order valence-electron chi connectivity index (χ3n) is 4.02. The first kappa shape index (κ1) is 18.1. The van der Waals surface area contributed by atoms with Crippen LogP contribution >= 0.6 is 0 Å². The molecule has 1 N–H and O–H groups in total. The second kappa shape index (κ2) is 8.14. The van der Waals surface area contributed by atoms with Crippen LogP contribution in [0.5, 0.6) is 5.75 Å². The predicted molar refractivity (Wildman–Crippen MR) is 104 cm³/mol. The summed E-state index contributed by atoms with van der Waals surface area (Å²) in [5.41, 5.74) is 1.89. The first-order valence-electron chi connectivity index (χ1n) is 8.33. The molecule has 2 amide bonds. The van der Waals surface area contributed by atoms with Crippen LogP contribution in [0.2, 0.25) is 0 Å². The van der Waals surface area contributed by atoms with Crippen LogP contribution in [0, 0.1) is 0 Å². The van der Waals surface area contributed by atoms with Crippen molar-refractivity contribution in [3.8, 4) is 5.75 Å². The molecule has 6 heteroatoms. The van der Waals surface area contributed by atoms with Crippen molar-refractivity contribution in [3.05, 3.63) is 84.2 Å². The zero-order valence-electron chi connectivity index (χ0n) is 15.0. The van der Waals surface area contributed by atoms with Gasteiger partial charge in [0.05, 0.1) is 7.11 Å². The van der Waals surface area contributed by atoms with Crippen molar-refractivity contribution in [2.24, 2.45) is 0 Å². The van der Waals surface area contributed by atoms with Gasteiger partial charge in [0.2, 0.25) is 0 Å². The molecule has 0 aliphatic rings. The summed E-state index contributed by atoms with van der Waals surface area (Å²) < 4.78 is 5.15. The highest BCUT2D eigenvalue weighted by Crippen LogP contribution is 2.18. The average Bonchev–Trinajstić information content (AvgIpc) is 2.73. The highest BCUT2D eigenvalue weighted by Gasteiger charge is 2.17. The Bertz CT molecular complexity index is 958. The van der Waals surface area contributed by atoms with Crippen molar-refractivity contribution in [2.45, 2.75) is 0 Å². The second-order valence-corrected chi connectivity index (χ2v) is 5.82. The van der Waals surface area contributed by atoms with E-state index in [2.05, 4.69) is 10.3 Å². The van der Waals surface area contributed by atoms with Crippen LogP contribution in [-0.4, -0.2) is 31.0 Å². The summed E-state index contributed by atoms with van der Waals surface area (Å²) in [5, 5.41) is 2.79. The maximum absolute atomic E-state index is 12.7. The zero-order valence-corrected chi connectivity index (χ0v) is 15.0. The highest BCUT2D eigenvalue weighted by molar-refractivity contribution is 6.08. The van der Waals surface area contributed by atoms with E-state index in [0.717, 1.165) is 5.69 Å². The van der Waals surface area contributed by atoms with Gasteiger partial charge in [0.25, 0.3) is 11.8 Å². The molecule has 27 heavy (non-hydrogen) atoms. The van der Waals surface area contributed by atoms with E-state index >= 15 is 0 Å². The molecule has 136 valence electrons. The van der Waals surface area contributed by atoms with E-state index in [-0.39, 0.29) is 17.5 Å². The van der Waals surface area contributed by atoms with E-state index in [0.29, 0.717) is 17.0 Å². The van der Waals surface area contributed by atoms with Crippen LogP contribution in [0.3, 0.4) is 0 Å². The molecule has 0 aliphatic carbocycles. The van der Waals surface area contributed by atoms with Gasteiger partial charge < -0.3 is 15.0 Å². The molecule has 0 spiro atoms. The normalized spacial score (nSPS) is 10.1. The summed E-state index contributed by atoms with van der Waals surface area (Å²) in [7, 11) is 3.23. The molecule has 3 aromatic rings. The second-order valence-electron chi connectivity index (χ2n) is 5.82. The Morgan fingerprint density at radius 3 is 2.52 bits per heavy atom. The van der Waals surface area contributed by atoms with Crippen LogP contribution < -0.4 is 15.0 Å². The van der Waals surface area contributed by atoms with E-state index in [4.69, 9.17) is 4.74 Å². The summed E-state index contributed by atoms with van der Waals surface area (Å²) in [6.07, 6.45) is 1.45. The number of rotatable bonds is 5. The third-order valence-corrected chi connectivity index (χ3v) is 4.02. The minimum Gasteiger partial charge on any atom is -0.497 e. The number of para-hydroxylation sites is 1. The van der Waals surface area contributed by atoms with Crippen molar-refractivity contribution < 1.29 is 14.3 Å². The van der Waals surface area contributed by atoms with Crippen molar-refractivity contribution in [2.75, 3.05) is 24.4 Å². The molecule has 0 fully saturated rings. The Morgan fingerprint density at radius 2 is 1.78 bits per heavy atom. The number of nitrogens with zero attached hydrogens (tertiary/aromatic N) is 2. The van der Waals surface area contributed by atoms with Crippen LogP contribution in [-0.2, 0) is 0 Å². The number of amides is 2. The summed E-state index contributed by atoms with van der Waals surface area (Å²) in [6.45, 7) is 0. The minimum atomic E-state index is -0.331. The first-order chi connectivity index (χ1) is 13.1. The topological polar surface area (TPSA) is 71.5 Å². The predicted octanol–water partition coefficient (Wildman–Crippen LogP) is 3.62. The monoisotopic (exact) mass is 361 g/mol. The Balaban J connectivity index is 1.78. The van der Waals surface area contributed by atoms with Gasteiger partial charge in [-0.3, -0.25) is 14.6 Å². The molecule has 1 aromatic heterocycles. The molecule has 1 heterocycles. The summed E-state index contributed by atoms with van der Waals surface area (Å²) in [4.78, 5) is 30.8. The van der Waals surface area contributed by atoms with Gasteiger partial charge in [-0.1, -0.05) is 24.3 Å². The molecule has 0 atom stereocenters. The molecular weight excluding hydrogens is 342 g/mol. The van der Waals surface area contributed by atoms with Crippen LogP contribution in [0.4, 0.5) is 11.4 Å². The number of carbonyl (C=O) groups excluding carboxylic acids is 2. The molecule has 2 aromatic carbocycles. The summed E-state index contributed by atoms with van der Waals surface area (Å²) >= 11 is 0. The highest BCUT2D eigenvalue weighted by atomic mass is 16.5. The third kappa shape index (κ3) is 4.30. The number of methoxy groups -OCH3 is 1. The smallest absolute Gasteiger partial charge is 0.276 e. The Hall–Kier alpha value is -3.67. The molecule has 3 rings (SSSR count). The number of benzene rings is 2. The van der Waals surface area contributed by atoms with Crippen molar-refractivity contribution >= 4 is 23.2 Å². The van der Waals surface area contributed by atoms with Gasteiger partial charge >= 0.3 is 0 Å². The lowest BCUT2D eigenvalue weighted by Gasteiger charge is -2.17. The van der Waals surface area contributed by atoms with Crippen LogP contribution in [0.25, 0.3) is 0 Å². The number of pyridine rings is 1. The SMILES string of the molecule is COc1cccc(NC(=O)c2ccnc(C(=O)N(C)c3ccccc3)c2)c1. The van der Waals surface area contributed by atoms with E-state index in [9.17, 15) is 9.59 Å². The maximum Gasteiger partial charge on any atom is 0.276 e. The Morgan fingerprint density at radius 1 is 1.00 bits per heavy atom. The largest absolute Gasteiger partial charge is 0.497 e. The van der Waals surface area contributed by atoms with Gasteiger partial charge in [0, 0.05) is 36.2 Å². The molecule has 0 saturated carbocycles. The fourth-order valence-corrected chi connectivity index (χ4v) is 2.53. The Kier molecular flexibility index (Phi) is 5.47. The van der Waals surface area contributed by atoms with Crippen LogP contribution in [0.15, 0.2) is 72.9 Å². The minimum absolute atomic E-state index is 0.194. The molecular formula is C21H19N3O3. The molecule has 0 radical (unpaired) electrons. The standard InChI is InChI=1S/C21H19N3O3/c1-24(17-8-4-3-5-9-17)21(26)19-13-15(11-12-22-19)20(25)23-16-7-6-10-18(14-16)27-2/h3-14H,1-2H3,(H,23,25). The van der Waals surface area contributed by atoms with E-state index in [1.165, 1.54) is 17.2 Å². The fraction of sp³-hybridized carbons (Fsp3) is 0.0952. The average molecular weight is 361 g/mol. The molecule has 0 bridgehead atoms. The Labute approximate surface area is 157 Å². The lowest BCUT2D eigenvalue weighted by Crippen LogP contribution is -2.27. The summed E-state index contributed by atoms with van der Waals surface area (Å²) in [6, 6.07) is 19.3. The lowest BCUT2D eigenvalue weighted by atomic mass is 10.2. The molecule has 0 unspecified atom stereocenters. The van der Waals surface area contributed by atoms with E-state index in [1.807, 2.05) is 30.3 Å². The number of aromatic nitrogens is 1. The van der Waals surface area contributed by atoms with Gasteiger partial charge in [0.1, 0.15) is 11.4 Å². The summed E-state index contributed by atoms with van der Waals surface area (Å²) in [5.74, 6) is 0.0159. The number of hydrogen-bond acceptors (Lipinski definition) is 4. The van der Waals surface area contributed by atoms with Crippen molar-refractivity contribution in [3.63, 3.8) is 0 Å². The number of ether oxygens (including phenoxy) is 1. The quantitative estimate of drug-likeness (QED) is 0.753. The fourth-order valence-electron chi connectivity index (χ4n) is 2.53. The van der Waals surface area contributed by atoms with Gasteiger partial charge in [-0.2, -0.15) is 0 Å². The first-order valence-corrected chi connectivity index (χ1v) is 8.33. The van der Waals surface area contributed by atoms with E-state index < -0.39 is 0 Å². The lowest BCUT2D eigenvalue weighted by molar-refractivity contribution is 0.0988. The van der Waals surface area contributed by atoms with Gasteiger partial charge in [-0.25, -0.2) is 0 Å². The number of carbonyl (C=O) groups is 2. The number of hydrogen-bond donors (Lipinski definition) is 1. The number of nitrogens with one attached hydrogen (secondary N) is 1. The van der Waals surface area contributed by atoms with E-state index in [1.54, 1.807) is 44.5 Å². The van der Waals surface area contributed by atoms with Gasteiger partial charge in [0.15, 0.2) is 0 Å². The van der Waals surface area contributed by atoms with Gasteiger partial charge in [-0.05, 0) is 36.4 Å². The van der Waals surface area contributed by atoms with Crippen molar-refractivity contribution in [1.82, 2.24) is 4.98 Å².